The quantitative estimate of drug-likeness (QED) is 0.354. The van der Waals surface area contributed by atoms with Crippen LogP contribution in [0, 0.1) is 0 Å². The molecular formula is C22H18ClNO3S. The Bertz CT molecular complexity index is 1050. The monoisotopic (exact) mass is 411 g/mol. The van der Waals surface area contributed by atoms with Gasteiger partial charge in [-0.05, 0) is 41.1 Å². The number of carbonyl (C=O) groups excluding carboxylic acids is 1. The number of rotatable bonds is 3. The van der Waals surface area contributed by atoms with Crippen LogP contribution in [0.15, 0.2) is 60.7 Å². The summed E-state index contributed by atoms with van der Waals surface area (Å²) in [7, 11) is 0. The first-order valence-corrected chi connectivity index (χ1v) is 9.78. The molecule has 6 heteroatoms. The lowest BCUT2D eigenvalue weighted by atomic mass is 10.1. The van der Waals surface area contributed by atoms with Crippen molar-refractivity contribution in [1.29, 1.82) is 0 Å². The maximum Gasteiger partial charge on any atom is 0.343 e. The second-order valence-corrected chi connectivity index (χ2v) is 7.32. The average molecular weight is 412 g/mol. The molecule has 0 bridgehead atoms. The number of thiocarbonyl (C=S) groups is 1. The fourth-order valence-electron chi connectivity index (χ4n) is 3.17. The van der Waals surface area contributed by atoms with E-state index in [1.54, 1.807) is 24.3 Å². The first-order chi connectivity index (χ1) is 13.6. The first-order valence-electron chi connectivity index (χ1n) is 8.99. The maximum absolute atomic E-state index is 12.8. The van der Waals surface area contributed by atoms with Gasteiger partial charge in [-0.25, -0.2) is 4.79 Å². The summed E-state index contributed by atoms with van der Waals surface area (Å²) in [6.07, 6.45) is 0. The predicted octanol–water partition coefficient (Wildman–Crippen LogP) is 4.72. The lowest BCUT2D eigenvalue weighted by Crippen LogP contribution is -2.40. The number of benzene rings is 3. The van der Waals surface area contributed by atoms with E-state index >= 15 is 0 Å². The van der Waals surface area contributed by atoms with Crippen molar-refractivity contribution in [2.45, 2.75) is 0 Å². The molecular weight excluding hydrogens is 394 g/mol. The minimum absolute atomic E-state index is 0.402. The second kappa shape index (κ2) is 8.27. The predicted molar refractivity (Wildman–Crippen MR) is 114 cm³/mol. The molecule has 1 aliphatic heterocycles. The minimum atomic E-state index is -0.431. The summed E-state index contributed by atoms with van der Waals surface area (Å²) in [5.41, 5.74) is 1.12. The van der Waals surface area contributed by atoms with Gasteiger partial charge in [-0.2, -0.15) is 0 Å². The van der Waals surface area contributed by atoms with Crippen molar-refractivity contribution in [3.05, 3.63) is 76.8 Å². The normalized spacial score (nSPS) is 14.1. The van der Waals surface area contributed by atoms with Gasteiger partial charge in [0.2, 0.25) is 0 Å². The van der Waals surface area contributed by atoms with Crippen LogP contribution in [0.2, 0.25) is 5.02 Å². The smallest absolute Gasteiger partial charge is 0.343 e. The molecule has 3 aromatic rings. The van der Waals surface area contributed by atoms with Gasteiger partial charge in [0, 0.05) is 18.1 Å². The molecule has 1 aliphatic rings. The van der Waals surface area contributed by atoms with Crippen LogP contribution in [0.3, 0.4) is 0 Å². The summed E-state index contributed by atoms with van der Waals surface area (Å²) < 4.78 is 11.1. The Balaban J connectivity index is 1.61. The second-order valence-electron chi connectivity index (χ2n) is 6.50. The molecule has 0 amide bonds. The van der Waals surface area contributed by atoms with Crippen molar-refractivity contribution in [3.63, 3.8) is 0 Å². The van der Waals surface area contributed by atoms with Crippen LogP contribution < -0.4 is 4.74 Å². The van der Waals surface area contributed by atoms with Gasteiger partial charge in [-0.1, -0.05) is 54.2 Å². The van der Waals surface area contributed by atoms with Crippen LogP contribution in [0.1, 0.15) is 15.9 Å². The van der Waals surface area contributed by atoms with E-state index in [1.807, 2.05) is 41.3 Å². The van der Waals surface area contributed by atoms with Gasteiger partial charge in [-0.15, -0.1) is 0 Å². The number of ether oxygens (including phenoxy) is 2. The van der Waals surface area contributed by atoms with E-state index in [0.717, 1.165) is 10.8 Å². The number of esters is 1. The summed E-state index contributed by atoms with van der Waals surface area (Å²) in [6, 6.07) is 18.5. The maximum atomic E-state index is 12.8. The fourth-order valence-corrected chi connectivity index (χ4v) is 3.68. The summed E-state index contributed by atoms with van der Waals surface area (Å²) >= 11 is 11.8. The van der Waals surface area contributed by atoms with Crippen LogP contribution in [-0.4, -0.2) is 42.2 Å². The van der Waals surface area contributed by atoms with E-state index in [1.165, 1.54) is 0 Å². The van der Waals surface area contributed by atoms with Crippen LogP contribution in [0.5, 0.6) is 5.75 Å². The molecule has 0 radical (unpaired) electrons. The topological polar surface area (TPSA) is 38.8 Å². The number of morpholine rings is 1. The highest BCUT2D eigenvalue weighted by atomic mass is 35.5. The zero-order valence-corrected chi connectivity index (χ0v) is 16.6. The molecule has 4 rings (SSSR count). The molecule has 0 atom stereocenters. The Kier molecular flexibility index (Phi) is 5.57. The number of fused-ring (bicyclic) bond motifs is 1. The summed E-state index contributed by atoms with van der Waals surface area (Å²) in [5.74, 6) is -0.0295. The van der Waals surface area contributed by atoms with E-state index in [-0.39, 0.29) is 0 Å². The SMILES string of the molecule is O=C(Oc1ccc(Cl)cc1C(=S)N1CCOCC1)c1ccc2ccccc2c1. The molecule has 1 fully saturated rings. The molecule has 28 heavy (non-hydrogen) atoms. The Labute approximate surface area is 173 Å². The van der Waals surface area contributed by atoms with E-state index in [9.17, 15) is 4.79 Å². The highest BCUT2D eigenvalue weighted by Crippen LogP contribution is 2.27. The van der Waals surface area contributed by atoms with Gasteiger partial charge < -0.3 is 14.4 Å². The first kappa shape index (κ1) is 18.9. The molecule has 0 aliphatic carbocycles. The lowest BCUT2D eigenvalue weighted by Gasteiger charge is -2.29. The third-order valence-corrected chi connectivity index (χ3v) is 5.37. The summed E-state index contributed by atoms with van der Waals surface area (Å²) in [5, 5.41) is 2.59. The molecule has 0 N–H and O–H groups in total. The largest absolute Gasteiger partial charge is 0.422 e. The highest BCUT2D eigenvalue weighted by molar-refractivity contribution is 7.80. The van der Waals surface area contributed by atoms with E-state index in [0.29, 0.717) is 53.2 Å². The van der Waals surface area contributed by atoms with Crippen LogP contribution >= 0.6 is 23.8 Å². The lowest BCUT2D eigenvalue weighted by molar-refractivity contribution is 0.0687. The number of nitrogens with zero attached hydrogens (tertiary/aromatic N) is 1. The molecule has 142 valence electrons. The zero-order valence-electron chi connectivity index (χ0n) is 15.1. The van der Waals surface area contributed by atoms with Crippen LogP contribution in [-0.2, 0) is 4.74 Å². The highest BCUT2D eigenvalue weighted by Gasteiger charge is 2.21. The minimum Gasteiger partial charge on any atom is -0.422 e. The van der Waals surface area contributed by atoms with Gasteiger partial charge in [0.05, 0.1) is 24.3 Å². The van der Waals surface area contributed by atoms with Gasteiger partial charge in [0.25, 0.3) is 0 Å². The molecule has 0 saturated carbocycles. The number of halogens is 1. The zero-order chi connectivity index (χ0) is 19.5. The molecule has 3 aromatic carbocycles. The Hall–Kier alpha value is -2.47. The molecule has 4 nitrogen and oxygen atoms in total. The van der Waals surface area contributed by atoms with Gasteiger partial charge in [0.15, 0.2) is 0 Å². The average Bonchev–Trinajstić information content (AvgIpc) is 2.74. The van der Waals surface area contributed by atoms with Crippen molar-refractivity contribution in [2.75, 3.05) is 26.3 Å². The van der Waals surface area contributed by atoms with Crippen molar-refractivity contribution in [1.82, 2.24) is 4.90 Å². The van der Waals surface area contributed by atoms with Gasteiger partial charge in [-0.3, -0.25) is 0 Å². The number of carbonyl (C=O) groups is 1. The Morgan fingerprint density at radius 2 is 1.75 bits per heavy atom. The van der Waals surface area contributed by atoms with Crippen molar-refractivity contribution in [2.24, 2.45) is 0 Å². The molecule has 1 saturated heterocycles. The van der Waals surface area contributed by atoms with Crippen molar-refractivity contribution < 1.29 is 14.3 Å². The van der Waals surface area contributed by atoms with E-state index in [4.69, 9.17) is 33.3 Å². The van der Waals surface area contributed by atoms with Crippen LogP contribution in [0.4, 0.5) is 0 Å². The molecule has 0 unspecified atom stereocenters. The molecule has 0 aromatic heterocycles. The van der Waals surface area contributed by atoms with E-state index < -0.39 is 5.97 Å². The third kappa shape index (κ3) is 4.02. The fraction of sp³-hybridized carbons (Fsp3) is 0.182. The van der Waals surface area contributed by atoms with Gasteiger partial charge >= 0.3 is 5.97 Å². The Morgan fingerprint density at radius 1 is 1.00 bits per heavy atom. The third-order valence-electron chi connectivity index (χ3n) is 4.66. The standard InChI is InChI=1S/C22H18ClNO3S/c23-18-7-8-20(19(14-18)21(28)24-9-11-26-12-10-24)27-22(25)17-6-5-15-3-1-2-4-16(15)13-17/h1-8,13-14H,9-12H2. The van der Waals surface area contributed by atoms with Gasteiger partial charge in [0.1, 0.15) is 10.7 Å². The molecule has 0 spiro atoms. The molecule has 1 heterocycles. The van der Waals surface area contributed by atoms with Crippen LogP contribution in [0.25, 0.3) is 10.8 Å². The summed E-state index contributed by atoms with van der Waals surface area (Å²) in [4.78, 5) is 15.4. The summed E-state index contributed by atoms with van der Waals surface area (Å²) in [6.45, 7) is 2.63. The number of hydrogen-bond acceptors (Lipinski definition) is 4. The van der Waals surface area contributed by atoms with Crippen molar-refractivity contribution >= 4 is 45.5 Å². The van der Waals surface area contributed by atoms with E-state index in [2.05, 4.69) is 0 Å². The Morgan fingerprint density at radius 3 is 2.54 bits per heavy atom. The number of hydrogen-bond donors (Lipinski definition) is 0. The van der Waals surface area contributed by atoms with Crippen molar-refractivity contribution in [3.8, 4) is 5.75 Å².